The second kappa shape index (κ2) is 8.34. The third kappa shape index (κ3) is 5.24. The Balaban J connectivity index is 1.35. The van der Waals surface area contributed by atoms with E-state index in [1.807, 2.05) is 18.2 Å². The van der Waals surface area contributed by atoms with Crippen molar-refractivity contribution < 1.29 is 4.79 Å². The molecule has 3 rings (SSSR count). The molecule has 0 aromatic heterocycles. The fourth-order valence-corrected chi connectivity index (χ4v) is 3.77. The van der Waals surface area contributed by atoms with Crippen molar-refractivity contribution in [1.82, 2.24) is 10.2 Å². The van der Waals surface area contributed by atoms with Gasteiger partial charge in [-0.1, -0.05) is 37.5 Å². The standard InChI is InChI=1S/C19H29N3O/c23-19(20-13-16-7-3-1-4-8-16)15-22-12-11-18(14-22)21-17-9-5-2-6-10-17/h2,5-6,9-10,16,18,21H,1,3-4,7-8,11-15H2,(H,20,23)/t18-/m0/s1. The molecule has 1 atom stereocenters. The van der Waals surface area contributed by atoms with Crippen molar-refractivity contribution in [2.45, 2.75) is 44.6 Å². The van der Waals surface area contributed by atoms with Gasteiger partial charge in [-0.15, -0.1) is 0 Å². The van der Waals surface area contributed by atoms with E-state index in [1.165, 1.54) is 37.8 Å². The first kappa shape index (κ1) is 16.3. The smallest absolute Gasteiger partial charge is 0.234 e. The lowest BCUT2D eigenvalue weighted by molar-refractivity contribution is -0.122. The predicted octanol–water partition coefficient (Wildman–Crippen LogP) is 2.87. The van der Waals surface area contributed by atoms with Crippen LogP contribution in [0.3, 0.4) is 0 Å². The quantitative estimate of drug-likeness (QED) is 0.848. The van der Waals surface area contributed by atoms with Crippen LogP contribution >= 0.6 is 0 Å². The summed E-state index contributed by atoms with van der Waals surface area (Å²) in [6, 6.07) is 10.8. The number of amides is 1. The summed E-state index contributed by atoms with van der Waals surface area (Å²) >= 11 is 0. The van der Waals surface area contributed by atoms with Crippen LogP contribution in [-0.4, -0.2) is 43.0 Å². The van der Waals surface area contributed by atoms with Crippen LogP contribution < -0.4 is 10.6 Å². The number of hydrogen-bond donors (Lipinski definition) is 2. The molecule has 1 aromatic carbocycles. The van der Waals surface area contributed by atoms with E-state index in [4.69, 9.17) is 0 Å². The van der Waals surface area contributed by atoms with Crippen molar-refractivity contribution in [2.75, 3.05) is 31.5 Å². The van der Waals surface area contributed by atoms with Crippen molar-refractivity contribution in [2.24, 2.45) is 5.92 Å². The molecule has 0 radical (unpaired) electrons. The zero-order valence-corrected chi connectivity index (χ0v) is 14.0. The predicted molar refractivity (Wildman–Crippen MR) is 94.5 cm³/mol. The number of para-hydroxylation sites is 1. The number of rotatable bonds is 6. The Labute approximate surface area is 139 Å². The minimum absolute atomic E-state index is 0.191. The molecule has 1 aliphatic carbocycles. The lowest BCUT2D eigenvalue weighted by atomic mass is 9.89. The van der Waals surface area contributed by atoms with Gasteiger partial charge in [0.2, 0.25) is 5.91 Å². The molecule has 2 aliphatic rings. The average Bonchev–Trinajstić information content (AvgIpc) is 3.02. The van der Waals surface area contributed by atoms with Gasteiger partial charge in [-0.2, -0.15) is 0 Å². The van der Waals surface area contributed by atoms with E-state index in [0.717, 1.165) is 26.1 Å². The van der Waals surface area contributed by atoms with Crippen molar-refractivity contribution in [3.8, 4) is 0 Å². The van der Waals surface area contributed by atoms with E-state index in [2.05, 4.69) is 27.7 Å². The normalized spacial score (nSPS) is 22.9. The molecule has 4 heteroatoms. The fourth-order valence-electron chi connectivity index (χ4n) is 3.77. The van der Waals surface area contributed by atoms with Crippen molar-refractivity contribution in [3.05, 3.63) is 30.3 Å². The van der Waals surface area contributed by atoms with Crippen molar-refractivity contribution in [1.29, 1.82) is 0 Å². The number of hydrogen-bond acceptors (Lipinski definition) is 3. The molecule has 1 saturated carbocycles. The van der Waals surface area contributed by atoms with Gasteiger partial charge in [0, 0.05) is 31.4 Å². The van der Waals surface area contributed by atoms with Crippen LogP contribution in [0, 0.1) is 5.92 Å². The molecule has 0 spiro atoms. The molecule has 2 fully saturated rings. The van der Waals surface area contributed by atoms with Gasteiger partial charge in [-0.05, 0) is 37.3 Å². The molecule has 126 valence electrons. The fraction of sp³-hybridized carbons (Fsp3) is 0.632. The largest absolute Gasteiger partial charge is 0.381 e. The summed E-state index contributed by atoms with van der Waals surface area (Å²) in [6.45, 7) is 3.37. The molecule has 1 aliphatic heterocycles. The van der Waals surface area contributed by atoms with E-state index >= 15 is 0 Å². The summed E-state index contributed by atoms with van der Waals surface area (Å²) < 4.78 is 0. The van der Waals surface area contributed by atoms with Gasteiger partial charge in [0.1, 0.15) is 0 Å². The molecule has 1 saturated heterocycles. The molecular weight excluding hydrogens is 286 g/mol. The maximum atomic E-state index is 12.1. The van der Waals surface area contributed by atoms with Gasteiger partial charge in [0.25, 0.3) is 0 Å². The Kier molecular flexibility index (Phi) is 5.92. The van der Waals surface area contributed by atoms with Crippen molar-refractivity contribution >= 4 is 11.6 Å². The minimum Gasteiger partial charge on any atom is -0.381 e. The van der Waals surface area contributed by atoms with E-state index < -0.39 is 0 Å². The Morgan fingerprint density at radius 1 is 1.09 bits per heavy atom. The zero-order chi connectivity index (χ0) is 15.9. The maximum absolute atomic E-state index is 12.1. The highest BCUT2D eigenvalue weighted by Gasteiger charge is 2.24. The first-order valence-electron chi connectivity index (χ1n) is 9.10. The number of carbonyl (C=O) groups is 1. The highest BCUT2D eigenvalue weighted by molar-refractivity contribution is 5.78. The molecule has 0 bridgehead atoms. The monoisotopic (exact) mass is 315 g/mol. The molecule has 1 heterocycles. The van der Waals surface area contributed by atoms with E-state index in [9.17, 15) is 4.79 Å². The lowest BCUT2D eigenvalue weighted by Gasteiger charge is -2.22. The van der Waals surface area contributed by atoms with Gasteiger partial charge >= 0.3 is 0 Å². The first-order chi connectivity index (χ1) is 11.3. The van der Waals surface area contributed by atoms with Crippen LogP contribution in [0.2, 0.25) is 0 Å². The second-order valence-corrected chi connectivity index (χ2v) is 7.04. The Morgan fingerprint density at radius 3 is 2.65 bits per heavy atom. The number of nitrogens with one attached hydrogen (secondary N) is 2. The molecule has 2 N–H and O–H groups in total. The Hall–Kier alpha value is -1.55. The highest BCUT2D eigenvalue weighted by Crippen LogP contribution is 2.22. The lowest BCUT2D eigenvalue weighted by Crippen LogP contribution is -2.39. The Bertz CT molecular complexity index is 485. The molecular formula is C19H29N3O. The number of carbonyl (C=O) groups excluding carboxylic acids is 1. The van der Waals surface area contributed by atoms with Gasteiger partial charge in [0.05, 0.1) is 6.54 Å². The van der Waals surface area contributed by atoms with Gasteiger partial charge < -0.3 is 10.6 Å². The van der Waals surface area contributed by atoms with Crippen molar-refractivity contribution in [3.63, 3.8) is 0 Å². The third-order valence-corrected chi connectivity index (χ3v) is 5.10. The average molecular weight is 315 g/mol. The molecule has 0 unspecified atom stereocenters. The van der Waals surface area contributed by atoms with Crippen LogP contribution in [0.5, 0.6) is 0 Å². The SMILES string of the molecule is O=C(CN1CC[C@H](Nc2ccccc2)C1)NCC1CCCCC1. The number of likely N-dealkylation sites (tertiary alicyclic amines) is 1. The van der Waals surface area contributed by atoms with Crippen LogP contribution in [0.25, 0.3) is 0 Å². The summed E-state index contributed by atoms with van der Waals surface area (Å²) in [7, 11) is 0. The highest BCUT2D eigenvalue weighted by atomic mass is 16.2. The number of anilines is 1. The summed E-state index contributed by atoms with van der Waals surface area (Å²) in [6.07, 6.45) is 7.71. The number of benzene rings is 1. The van der Waals surface area contributed by atoms with E-state index in [1.54, 1.807) is 0 Å². The van der Waals surface area contributed by atoms with Crippen LogP contribution in [0.1, 0.15) is 38.5 Å². The minimum atomic E-state index is 0.191. The summed E-state index contributed by atoms with van der Waals surface area (Å²) in [5.41, 5.74) is 1.17. The summed E-state index contributed by atoms with van der Waals surface area (Å²) in [5, 5.41) is 6.70. The summed E-state index contributed by atoms with van der Waals surface area (Å²) in [5.74, 6) is 0.898. The van der Waals surface area contributed by atoms with Gasteiger partial charge in [-0.25, -0.2) is 0 Å². The second-order valence-electron chi connectivity index (χ2n) is 7.04. The van der Waals surface area contributed by atoms with E-state index in [-0.39, 0.29) is 5.91 Å². The van der Waals surface area contributed by atoms with Gasteiger partial charge in [0.15, 0.2) is 0 Å². The third-order valence-electron chi connectivity index (χ3n) is 5.10. The number of nitrogens with zero attached hydrogens (tertiary/aromatic N) is 1. The topological polar surface area (TPSA) is 44.4 Å². The molecule has 23 heavy (non-hydrogen) atoms. The van der Waals surface area contributed by atoms with E-state index in [0.29, 0.717) is 18.5 Å². The van der Waals surface area contributed by atoms with Crippen LogP contribution in [0.15, 0.2) is 30.3 Å². The maximum Gasteiger partial charge on any atom is 0.234 e. The molecule has 1 aromatic rings. The Morgan fingerprint density at radius 2 is 1.87 bits per heavy atom. The van der Waals surface area contributed by atoms with Crippen LogP contribution in [0.4, 0.5) is 5.69 Å². The summed E-state index contributed by atoms with van der Waals surface area (Å²) in [4.78, 5) is 14.4. The molecule has 1 amide bonds. The zero-order valence-electron chi connectivity index (χ0n) is 14.0. The van der Waals surface area contributed by atoms with Gasteiger partial charge in [-0.3, -0.25) is 9.69 Å². The molecule has 4 nitrogen and oxygen atoms in total. The van der Waals surface area contributed by atoms with Crippen LogP contribution in [-0.2, 0) is 4.79 Å². The first-order valence-corrected chi connectivity index (χ1v) is 9.10.